The molecule has 0 spiro atoms. The van der Waals surface area contributed by atoms with Gasteiger partial charge in [-0.25, -0.2) is 8.42 Å². The summed E-state index contributed by atoms with van der Waals surface area (Å²) in [6, 6.07) is 11.7. The molecule has 6 heteroatoms. The second kappa shape index (κ2) is 6.88. The lowest BCUT2D eigenvalue weighted by atomic mass is 9.85. The van der Waals surface area contributed by atoms with Gasteiger partial charge in [0.25, 0.3) is 10.0 Å². The summed E-state index contributed by atoms with van der Waals surface area (Å²) < 4.78 is 27.6. The van der Waals surface area contributed by atoms with Gasteiger partial charge in [-0.3, -0.25) is 9.52 Å². The third-order valence-corrected chi connectivity index (χ3v) is 6.06. The van der Waals surface area contributed by atoms with Crippen LogP contribution in [0, 0.1) is 19.8 Å². The molecular formula is C19H22N2O3S. The third kappa shape index (κ3) is 4.02. The summed E-state index contributed by atoms with van der Waals surface area (Å²) >= 11 is 0. The molecule has 0 saturated heterocycles. The number of nitrogens with one attached hydrogen (secondary N) is 2. The van der Waals surface area contributed by atoms with Crippen LogP contribution in [0.4, 0.5) is 11.4 Å². The Balaban J connectivity index is 1.71. The van der Waals surface area contributed by atoms with Gasteiger partial charge in [-0.1, -0.05) is 12.5 Å². The summed E-state index contributed by atoms with van der Waals surface area (Å²) in [5.41, 5.74) is 3.27. The molecule has 2 N–H and O–H groups in total. The number of aryl methyl sites for hydroxylation is 2. The van der Waals surface area contributed by atoms with E-state index in [1.54, 1.807) is 24.3 Å². The van der Waals surface area contributed by atoms with E-state index in [1.165, 1.54) is 12.1 Å². The standard InChI is InChI=1S/C19H22N2O3S/c1-13-6-7-17(12-14(13)2)21-25(23,24)18-10-8-16(9-11-18)20-19(22)15-4-3-5-15/h6-12,15,21H,3-5H2,1-2H3,(H,20,22). The second-order valence-electron chi connectivity index (χ2n) is 6.55. The molecule has 25 heavy (non-hydrogen) atoms. The first kappa shape index (κ1) is 17.5. The molecule has 1 amide bonds. The molecule has 0 unspecified atom stereocenters. The van der Waals surface area contributed by atoms with Crippen LogP contribution in [-0.4, -0.2) is 14.3 Å². The van der Waals surface area contributed by atoms with Crippen LogP contribution in [0.5, 0.6) is 0 Å². The number of hydrogen-bond donors (Lipinski definition) is 2. The van der Waals surface area contributed by atoms with Crippen molar-refractivity contribution in [3.63, 3.8) is 0 Å². The van der Waals surface area contributed by atoms with Crippen LogP contribution >= 0.6 is 0 Å². The summed E-state index contributed by atoms with van der Waals surface area (Å²) in [7, 11) is -3.66. The van der Waals surface area contributed by atoms with E-state index in [9.17, 15) is 13.2 Å². The Hall–Kier alpha value is -2.34. The van der Waals surface area contributed by atoms with Crippen LogP contribution in [0.1, 0.15) is 30.4 Å². The lowest BCUT2D eigenvalue weighted by molar-refractivity contribution is -0.122. The highest BCUT2D eigenvalue weighted by molar-refractivity contribution is 7.92. The number of sulfonamides is 1. The Morgan fingerprint density at radius 2 is 1.60 bits per heavy atom. The molecule has 5 nitrogen and oxygen atoms in total. The van der Waals surface area contributed by atoms with E-state index in [4.69, 9.17) is 0 Å². The molecule has 1 aliphatic rings. The largest absolute Gasteiger partial charge is 0.326 e. The normalized spacial score (nSPS) is 14.6. The highest BCUT2D eigenvalue weighted by atomic mass is 32.2. The van der Waals surface area contributed by atoms with Gasteiger partial charge in [0.05, 0.1) is 4.90 Å². The topological polar surface area (TPSA) is 75.3 Å². The quantitative estimate of drug-likeness (QED) is 0.852. The van der Waals surface area contributed by atoms with Crippen molar-refractivity contribution in [2.24, 2.45) is 5.92 Å². The number of carbonyl (C=O) groups is 1. The molecule has 0 atom stereocenters. The predicted octanol–water partition coefficient (Wildman–Crippen LogP) is 3.84. The highest BCUT2D eigenvalue weighted by Crippen LogP contribution is 2.28. The van der Waals surface area contributed by atoms with Gasteiger partial charge in [-0.05, 0) is 74.2 Å². The van der Waals surface area contributed by atoms with Gasteiger partial charge in [0.2, 0.25) is 5.91 Å². The minimum Gasteiger partial charge on any atom is -0.326 e. The average Bonchev–Trinajstić information content (AvgIpc) is 2.49. The van der Waals surface area contributed by atoms with Gasteiger partial charge in [-0.2, -0.15) is 0 Å². The number of carbonyl (C=O) groups excluding carboxylic acids is 1. The van der Waals surface area contributed by atoms with Crippen molar-refractivity contribution < 1.29 is 13.2 Å². The molecule has 1 saturated carbocycles. The fourth-order valence-corrected chi connectivity index (χ4v) is 3.70. The van der Waals surface area contributed by atoms with E-state index in [0.717, 1.165) is 30.4 Å². The molecule has 0 radical (unpaired) electrons. The van der Waals surface area contributed by atoms with Gasteiger partial charge < -0.3 is 5.32 Å². The summed E-state index contributed by atoms with van der Waals surface area (Å²) in [6.07, 6.45) is 2.95. The number of benzene rings is 2. The van der Waals surface area contributed by atoms with Gasteiger partial charge >= 0.3 is 0 Å². The molecule has 132 valence electrons. The molecule has 1 aliphatic carbocycles. The van der Waals surface area contributed by atoms with Gasteiger partial charge in [0, 0.05) is 17.3 Å². The van der Waals surface area contributed by atoms with E-state index >= 15 is 0 Å². The van der Waals surface area contributed by atoms with E-state index in [-0.39, 0.29) is 16.7 Å². The van der Waals surface area contributed by atoms with Crippen LogP contribution in [0.15, 0.2) is 47.4 Å². The maximum Gasteiger partial charge on any atom is 0.261 e. The van der Waals surface area contributed by atoms with Crippen LogP contribution in [0.3, 0.4) is 0 Å². The van der Waals surface area contributed by atoms with Crippen LogP contribution in [0.25, 0.3) is 0 Å². The zero-order chi connectivity index (χ0) is 18.0. The molecular weight excluding hydrogens is 336 g/mol. The van der Waals surface area contributed by atoms with Crippen molar-refractivity contribution in [3.05, 3.63) is 53.6 Å². The Bertz CT molecular complexity index is 885. The molecule has 0 heterocycles. The van der Waals surface area contributed by atoms with Crippen molar-refractivity contribution in [2.45, 2.75) is 38.0 Å². The summed E-state index contributed by atoms with van der Waals surface area (Å²) in [6.45, 7) is 3.91. The minimum absolute atomic E-state index is 0.00936. The fourth-order valence-electron chi connectivity index (χ4n) is 2.65. The van der Waals surface area contributed by atoms with Crippen LogP contribution in [-0.2, 0) is 14.8 Å². The molecule has 2 aromatic rings. The lowest BCUT2D eigenvalue weighted by Gasteiger charge is -2.24. The van der Waals surface area contributed by atoms with Gasteiger partial charge in [0.1, 0.15) is 0 Å². The predicted molar refractivity (Wildman–Crippen MR) is 99.1 cm³/mol. The van der Waals surface area contributed by atoms with Crippen molar-refractivity contribution in [3.8, 4) is 0 Å². The molecule has 2 aromatic carbocycles. The van der Waals surface area contributed by atoms with Crippen LogP contribution in [0.2, 0.25) is 0 Å². The average molecular weight is 358 g/mol. The number of anilines is 2. The Morgan fingerprint density at radius 1 is 0.960 bits per heavy atom. The molecule has 0 aliphatic heterocycles. The molecule has 1 fully saturated rings. The van der Waals surface area contributed by atoms with Crippen LogP contribution < -0.4 is 10.0 Å². The summed E-state index contributed by atoms with van der Waals surface area (Å²) in [5, 5.41) is 2.83. The molecule has 3 rings (SSSR count). The van der Waals surface area contributed by atoms with Crippen molar-refractivity contribution in [2.75, 3.05) is 10.0 Å². The smallest absolute Gasteiger partial charge is 0.261 e. The van der Waals surface area contributed by atoms with Gasteiger partial charge in [-0.15, -0.1) is 0 Å². The van der Waals surface area contributed by atoms with E-state index in [0.29, 0.717) is 11.4 Å². The fraction of sp³-hybridized carbons (Fsp3) is 0.316. The van der Waals surface area contributed by atoms with E-state index < -0.39 is 10.0 Å². The lowest BCUT2D eigenvalue weighted by Crippen LogP contribution is -2.28. The monoisotopic (exact) mass is 358 g/mol. The molecule has 0 aromatic heterocycles. The third-order valence-electron chi connectivity index (χ3n) is 4.67. The van der Waals surface area contributed by atoms with Crippen molar-refractivity contribution in [1.29, 1.82) is 0 Å². The summed E-state index contributed by atoms with van der Waals surface area (Å²) in [5.74, 6) is 0.102. The Morgan fingerprint density at radius 3 is 2.16 bits per heavy atom. The number of rotatable bonds is 5. The highest BCUT2D eigenvalue weighted by Gasteiger charge is 2.25. The number of hydrogen-bond acceptors (Lipinski definition) is 3. The zero-order valence-electron chi connectivity index (χ0n) is 14.4. The molecule has 0 bridgehead atoms. The first-order valence-corrected chi connectivity index (χ1v) is 9.84. The zero-order valence-corrected chi connectivity index (χ0v) is 15.2. The Kier molecular flexibility index (Phi) is 4.81. The Labute approximate surface area is 148 Å². The first-order chi connectivity index (χ1) is 11.8. The van der Waals surface area contributed by atoms with Gasteiger partial charge in [0.15, 0.2) is 0 Å². The van der Waals surface area contributed by atoms with Crippen molar-refractivity contribution >= 4 is 27.3 Å². The minimum atomic E-state index is -3.66. The van der Waals surface area contributed by atoms with E-state index in [2.05, 4.69) is 10.0 Å². The van der Waals surface area contributed by atoms with E-state index in [1.807, 2.05) is 19.9 Å². The first-order valence-electron chi connectivity index (χ1n) is 8.36. The maximum atomic E-state index is 12.5. The SMILES string of the molecule is Cc1ccc(NS(=O)(=O)c2ccc(NC(=O)C3CCC3)cc2)cc1C. The number of amides is 1. The van der Waals surface area contributed by atoms with Crippen molar-refractivity contribution in [1.82, 2.24) is 0 Å². The summed E-state index contributed by atoms with van der Waals surface area (Å²) in [4.78, 5) is 12.1. The second-order valence-corrected chi connectivity index (χ2v) is 8.23. The maximum absolute atomic E-state index is 12.5.